The van der Waals surface area contributed by atoms with Crippen LogP contribution in [0.15, 0.2) is 24.3 Å². The number of aryl methyl sites for hydroxylation is 1. The van der Waals surface area contributed by atoms with E-state index in [4.69, 9.17) is 0 Å². The first kappa shape index (κ1) is 11.3. The molecule has 92 valence electrons. The molecule has 1 aromatic carbocycles. The summed E-state index contributed by atoms with van der Waals surface area (Å²) in [7, 11) is 0. The van der Waals surface area contributed by atoms with Gasteiger partial charge in [0.05, 0.1) is 6.10 Å². The molecule has 1 N–H and O–H groups in total. The van der Waals surface area contributed by atoms with Crippen molar-refractivity contribution in [2.75, 3.05) is 0 Å². The minimum atomic E-state index is -0.107. The van der Waals surface area contributed by atoms with Gasteiger partial charge in [-0.1, -0.05) is 37.1 Å². The van der Waals surface area contributed by atoms with Gasteiger partial charge < -0.3 is 5.11 Å². The van der Waals surface area contributed by atoms with Crippen LogP contribution in [0, 0.1) is 24.7 Å². The Hall–Kier alpha value is -0.820. The van der Waals surface area contributed by atoms with Crippen molar-refractivity contribution in [1.29, 1.82) is 0 Å². The second-order valence-corrected chi connectivity index (χ2v) is 5.89. The zero-order chi connectivity index (χ0) is 11.8. The Morgan fingerprint density at radius 1 is 1.18 bits per heavy atom. The van der Waals surface area contributed by atoms with E-state index in [0.717, 1.165) is 18.3 Å². The zero-order valence-electron chi connectivity index (χ0n) is 10.6. The Balaban J connectivity index is 1.64. The Morgan fingerprint density at radius 3 is 2.47 bits per heavy atom. The third kappa shape index (κ3) is 2.13. The maximum absolute atomic E-state index is 10.4. The number of fused-ring (bicyclic) bond motifs is 1. The fourth-order valence-corrected chi connectivity index (χ4v) is 3.82. The van der Waals surface area contributed by atoms with Crippen LogP contribution in [0.2, 0.25) is 0 Å². The average molecular weight is 230 g/mol. The van der Waals surface area contributed by atoms with E-state index in [0.29, 0.717) is 5.92 Å². The maximum atomic E-state index is 10.4. The number of rotatable bonds is 3. The minimum Gasteiger partial charge on any atom is -0.392 e. The molecular formula is C16H22O. The van der Waals surface area contributed by atoms with Gasteiger partial charge in [-0.3, -0.25) is 0 Å². The predicted octanol–water partition coefficient (Wildman–Crippen LogP) is 3.33. The van der Waals surface area contributed by atoms with Crippen molar-refractivity contribution in [2.24, 2.45) is 17.8 Å². The van der Waals surface area contributed by atoms with E-state index in [1.54, 1.807) is 0 Å². The first-order chi connectivity index (χ1) is 8.27. The first-order valence-electron chi connectivity index (χ1n) is 7.00. The fraction of sp³-hybridized carbons (Fsp3) is 0.625. The molecule has 0 aliphatic heterocycles. The molecular weight excluding hydrogens is 208 g/mol. The van der Waals surface area contributed by atoms with Gasteiger partial charge in [0.1, 0.15) is 0 Å². The third-order valence-electron chi connectivity index (χ3n) is 4.86. The second kappa shape index (κ2) is 4.45. The summed E-state index contributed by atoms with van der Waals surface area (Å²) >= 11 is 0. The van der Waals surface area contributed by atoms with E-state index >= 15 is 0 Å². The summed E-state index contributed by atoms with van der Waals surface area (Å²) in [6.07, 6.45) is 6.23. The standard InChI is InChI=1S/C16H22O/c1-11-6-2-3-7-12(11)10-15(17)16-13-8-4-5-9-14(13)16/h2-3,6-7,13-17H,4-5,8-10H2,1H3. The molecule has 0 heterocycles. The van der Waals surface area contributed by atoms with Crippen LogP contribution in [0.5, 0.6) is 0 Å². The van der Waals surface area contributed by atoms with Gasteiger partial charge in [-0.15, -0.1) is 0 Å². The molecule has 1 aromatic rings. The number of benzene rings is 1. The summed E-state index contributed by atoms with van der Waals surface area (Å²) in [6.45, 7) is 2.14. The lowest BCUT2D eigenvalue weighted by molar-refractivity contribution is 0.140. The molecule has 2 aliphatic rings. The third-order valence-corrected chi connectivity index (χ3v) is 4.86. The predicted molar refractivity (Wildman–Crippen MR) is 69.8 cm³/mol. The fourth-order valence-electron chi connectivity index (χ4n) is 3.82. The van der Waals surface area contributed by atoms with Crippen molar-refractivity contribution in [3.05, 3.63) is 35.4 Å². The quantitative estimate of drug-likeness (QED) is 0.844. The summed E-state index contributed by atoms with van der Waals surface area (Å²) in [5.74, 6) is 2.31. The lowest BCUT2D eigenvalue weighted by Gasteiger charge is -2.12. The number of hydrogen-bond donors (Lipinski definition) is 1. The zero-order valence-corrected chi connectivity index (χ0v) is 10.6. The molecule has 3 atom stereocenters. The second-order valence-electron chi connectivity index (χ2n) is 5.89. The van der Waals surface area contributed by atoms with Gasteiger partial charge in [-0.2, -0.15) is 0 Å². The van der Waals surface area contributed by atoms with Gasteiger partial charge >= 0.3 is 0 Å². The molecule has 3 rings (SSSR count). The Labute approximate surface area is 104 Å². The first-order valence-corrected chi connectivity index (χ1v) is 7.00. The molecule has 3 unspecified atom stereocenters. The van der Waals surface area contributed by atoms with Crippen molar-refractivity contribution in [3.63, 3.8) is 0 Å². The van der Waals surface area contributed by atoms with Gasteiger partial charge in [-0.25, -0.2) is 0 Å². The van der Waals surface area contributed by atoms with Crippen molar-refractivity contribution in [3.8, 4) is 0 Å². The molecule has 0 saturated heterocycles. The van der Waals surface area contributed by atoms with Crippen LogP contribution in [0.1, 0.15) is 36.8 Å². The van der Waals surface area contributed by atoms with Gasteiger partial charge in [0, 0.05) is 0 Å². The monoisotopic (exact) mass is 230 g/mol. The Kier molecular flexibility index (Phi) is 2.96. The summed E-state index contributed by atoms with van der Waals surface area (Å²) < 4.78 is 0. The summed E-state index contributed by atoms with van der Waals surface area (Å²) in [5, 5.41) is 10.4. The number of aliphatic hydroxyl groups is 1. The molecule has 17 heavy (non-hydrogen) atoms. The normalized spacial score (nSPS) is 32.9. The molecule has 0 spiro atoms. The molecule has 0 aromatic heterocycles. The highest BCUT2D eigenvalue weighted by atomic mass is 16.3. The summed E-state index contributed by atoms with van der Waals surface area (Å²) in [5.41, 5.74) is 2.64. The molecule has 0 amide bonds. The summed E-state index contributed by atoms with van der Waals surface area (Å²) in [4.78, 5) is 0. The van der Waals surface area contributed by atoms with Gasteiger partial charge in [0.25, 0.3) is 0 Å². The van der Waals surface area contributed by atoms with Crippen LogP contribution < -0.4 is 0 Å². The lowest BCUT2D eigenvalue weighted by Crippen LogP contribution is -2.15. The van der Waals surface area contributed by atoms with Crippen LogP contribution >= 0.6 is 0 Å². The van der Waals surface area contributed by atoms with E-state index < -0.39 is 0 Å². The van der Waals surface area contributed by atoms with Gasteiger partial charge in [0.15, 0.2) is 0 Å². The molecule has 2 fully saturated rings. The molecule has 1 heteroatoms. The average Bonchev–Trinajstić information content (AvgIpc) is 3.06. The minimum absolute atomic E-state index is 0.107. The van der Waals surface area contributed by atoms with Crippen LogP contribution in [-0.2, 0) is 6.42 Å². The van der Waals surface area contributed by atoms with E-state index in [1.165, 1.54) is 36.8 Å². The lowest BCUT2D eigenvalue weighted by atomic mass is 9.99. The maximum Gasteiger partial charge on any atom is 0.0614 e. The van der Waals surface area contributed by atoms with Crippen LogP contribution in [-0.4, -0.2) is 11.2 Å². The topological polar surface area (TPSA) is 20.2 Å². The number of aliphatic hydroxyl groups excluding tert-OH is 1. The van der Waals surface area contributed by atoms with Gasteiger partial charge in [0.2, 0.25) is 0 Å². The largest absolute Gasteiger partial charge is 0.392 e. The van der Waals surface area contributed by atoms with E-state index in [9.17, 15) is 5.11 Å². The molecule has 2 saturated carbocycles. The molecule has 2 aliphatic carbocycles. The van der Waals surface area contributed by atoms with Crippen molar-refractivity contribution in [1.82, 2.24) is 0 Å². The Bertz CT molecular complexity index is 386. The van der Waals surface area contributed by atoms with Gasteiger partial charge in [-0.05, 0) is 55.1 Å². The highest BCUT2D eigenvalue weighted by molar-refractivity contribution is 5.26. The van der Waals surface area contributed by atoms with E-state index in [1.807, 2.05) is 0 Å². The molecule has 0 bridgehead atoms. The van der Waals surface area contributed by atoms with E-state index in [-0.39, 0.29) is 6.10 Å². The summed E-state index contributed by atoms with van der Waals surface area (Å²) in [6, 6.07) is 8.45. The highest BCUT2D eigenvalue weighted by Crippen LogP contribution is 2.57. The van der Waals surface area contributed by atoms with Crippen LogP contribution in [0.4, 0.5) is 0 Å². The Morgan fingerprint density at radius 2 is 1.82 bits per heavy atom. The van der Waals surface area contributed by atoms with Crippen LogP contribution in [0.25, 0.3) is 0 Å². The van der Waals surface area contributed by atoms with Crippen molar-refractivity contribution in [2.45, 2.75) is 45.1 Å². The molecule has 1 nitrogen and oxygen atoms in total. The highest BCUT2D eigenvalue weighted by Gasteiger charge is 2.53. The van der Waals surface area contributed by atoms with Crippen LogP contribution in [0.3, 0.4) is 0 Å². The number of hydrogen-bond acceptors (Lipinski definition) is 1. The smallest absolute Gasteiger partial charge is 0.0614 e. The molecule has 0 radical (unpaired) electrons. The SMILES string of the molecule is Cc1ccccc1CC(O)C1C2CCCCC21. The van der Waals surface area contributed by atoms with E-state index in [2.05, 4.69) is 31.2 Å². The van der Waals surface area contributed by atoms with Crippen molar-refractivity contribution >= 4 is 0 Å². The van der Waals surface area contributed by atoms with Crippen molar-refractivity contribution < 1.29 is 5.11 Å².